The van der Waals surface area contributed by atoms with Crippen LogP contribution in [-0.2, 0) is 19.0 Å². The number of hydrogen-bond acceptors (Lipinski definition) is 5. The summed E-state index contributed by atoms with van der Waals surface area (Å²) in [5.74, 6) is -0.180. The standard InChI is InChI=1S/C18H34O5/c1-13(2)8-9-14(3)16(22-12-21-7)10-15(19)11-17(20)23-18(4,5)6/h8,14-16,19H,9-12H2,1-7H3/t14-,15-,16+/m0/s1. The number of hydrogen-bond donors (Lipinski definition) is 1. The van der Waals surface area contributed by atoms with Gasteiger partial charge in [0.2, 0.25) is 0 Å². The van der Waals surface area contributed by atoms with Gasteiger partial charge in [-0.3, -0.25) is 4.79 Å². The van der Waals surface area contributed by atoms with Gasteiger partial charge in [-0.05, 0) is 47.0 Å². The molecule has 0 aromatic carbocycles. The fourth-order valence-electron chi connectivity index (χ4n) is 2.12. The van der Waals surface area contributed by atoms with Gasteiger partial charge < -0.3 is 19.3 Å². The maximum absolute atomic E-state index is 11.8. The molecule has 0 fully saturated rings. The summed E-state index contributed by atoms with van der Waals surface area (Å²) in [5, 5.41) is 10.2. The van der Waals surface area contributed by atoms with Crippen molar-refractivity contribution in [2.45, 2.75) is 78.6 Å². The van der Waals surface area contributed by atoms with Gasteiger partial charge in [0.25, 0.3) is 0 Å². The van der Waals surface area contributed by atoms with Crippen molar-refractivity contribution in [3.63, 3.8) is 0 Å². The number of carbonyl (C=O) groups is 1. The number of esters is 1. The average Bonchev–Trinajstić information content (AvgIpc) is 2.38. The minimum absolute atomic E-state index is 0.0283. The molecule has 5 nitrogen and oxygen atoms in total. The number of aliphatic hydroxyl groups excluding tert-OH is 1. The first-order valence-electron chi connectivity index (χ1n) is 8.19. The Labute approximate surface area is 141 Å². The Morgan fingerprint density at radius 2 is 1.87 bits per heavy atom. The monoisotopic (exact) mass is 330 g/mol. The predicted octanol–water partition coefficient (Wildman–Crippen LogP) is 3.45. The summed E-state index contributed by atoms with van der Waals surface area (Å²) >= 11 is 0. The normalized spacial score (nSPS) is 15.7. The van der Waals surface area contributed by atoms with E-state index in [1.165, 1.54) is 5.57 Å². The number of aliphatic hydroxyl groups is 1. The zero-order valence-corrected chi connectivity index (χ0v) is 15.7. The molecule has 0 unspecified atom stereocenters. The summed E-state index contributed by atoms with van der Waals surface area (Å²) in [5.41, 5.74) is 0.705. The topological polar surface area (TPSA) is 65.0 Å². The Kier molecular flexibility index (Phi) is 10.4. The van der Waals surface area contributed by atoms with Gasteiger partial charge in [0, 0.05) is 13.5 Å². The first kappa shape index (κ1) is 22.1. The molecule has 0 aromatic heterocycles. The molecule has 5 heteroatoms. The highest BCUT2D eigenvalue weighted by Crippen LogP contribution is 2.20. The van der Waals surface area contributed by atoms with Gasteiger partial charge in [-0.15, -0.1) is 0 Å². The van der Waals surface area contributed by atoms with Crippen LogP contribution in [0.1, 0.15) is 60.8 Å². The van der Waals surface area contributed by atoms with E-state index in [1.54, 1.807) is 7.11 Å². The van der Waals surface area contributed by atoms with E-state index in [4.69, 9.17) is 14.2 Å². The zero-order valence-electron chi connectivity index (χ0n) is 15.7. The first-order chi connectivity index (χ1) is 10.5. The van der Waals surface area contributed by atoms with Gasteiger partial charge in [0.15, 0.2) is 0 Å². The molecule has 0 aliphatic carbocycles. The van der Waals surface area contributed by atoms with Crippen molar-refractivity contribution >= 4 is 5.97 Å². The molecule has 0 saturated carbocycles. The minimum atomic E-state index is -0.791. The fraction of sp³-hybridized carbons (Fsp3) is 0.833. The molecule has 0 aliphatic rings. The highest BCUT2D eigenvalue weighted by Gasteiger charge is 2.25. The maximum Gasteiger partial charge on any atom is 0.308 e. The van der Waals surface area contributed by atoms with Gasteiger partial charge in [-0.25, -0.2) is 0 Å². The summed E-state index contributed by atoms with van der Waals surface area (Å²) in [4.78, 5) is 11.8. The van der Waals surface area contributed by atoms with Crippen LogP contribution < -0.4 is 0 Å². The molecule has 0 heterocycles. The predicted molar refractivity (Wildman–Crippen MR) is 91.0 cm³/mol. The van der Waals surface area contributed by atoms with Crippen LogP contribution in [0.15, 0.2) is 11.6 Å². The van der Waals surface area contributed by atoms with E-state index in [0.29, 0.717) is 6.42 Å². The van der Waals surface area contributed by atoms with E-state index in [-0.39, 0.29) is 25.2 Å². The minimum Gasteiger partial charge on any atom is -0.460 e. The molecule has 1 N–H and O–H groups in total. The quantitative estimate of drug-likeness (QED) is 0.377. The maximum atomic E-state index is 11.8. The molecular weight excluding hydrogens is 296 g/mol. The van der Waals surface area contributed by atoms with Crippen molar-refractivity contribution in [3.05, 3.63) is 11.6 Å². The Balaban J connectivity index is 4.56. The SMILES string of the molecule is COCO[C@H](C[C@H](O)CC(=O)OC(C)(C)C)[C@@H](C)CC=C(C)C. The van der Waals surface area contributed by atoms with E-state index >= 15 is 0 Å². The average molecular weight is 330 g/mol. The number of allylic oxidation sites excluding steroid dienone is 2. The van der Waals surface area contributed by atoms with Gasteiger partial charge in [-0.2, -0.15) is 0 Å². The number of ether oxygens (including phenoxy) is 3. The second-order valence-electron chi connectivity index (χ2n) is 7.29. The van der Waals surface area contributed by atoms with E-state index in [1.807, 2.05) is 20.8 Å². The van der Waals surface area contributed by atoms with E-state index < -0.39 is 17.7 Å². The van der Waals surface area contributed by atoms with E-state index in [2.05, 4.69) is 26.8 Å². The first-order valence-corrected chi connectivity index (χ1v) is 8.19. The van der Waals surface area contributed by atoms with E-state index in [9.17, 15) is 9.90 Å². The van der Waals surface area contributed by atoms with Gasteiger partial charge >= 0.3 is 5.97 Å². The molecule has 0 rings (SSSR count). The van der Waals surface area contributed by atoms with Crippen LogP contribution in [0.5, 0.6) is 0 Å². The molecule has 23 heavy (non-hydrogen) atoms. The summed E-state index contributed by atoms with van der Waals surface area (Å²) in [6.07, 6.45) is 2.38. The summed E-state index contributed by atoms with van der Waals surface area (Å²) in [6, 6.07) is 0. The number of methoxy groups -OCH3 is 1. The largest absolute Gasteiger partial charge is 0.460 e. The molecule has 136 valence electrons. The third-order valence-corrected chi connectivity index (χ3v) is 3.26. The smallest absolute Gasteiger partial charge is 0.308 e. The Morgan fingerprint density at radius 1 is 1.26 bits per heavy atom. The third kappa shape index (κ3) is 12.2. The number of carbonyl (C=O) groups excluding carboxylic acids is 1. The highest BCUT2D eigenvalue weighted by molar-refractivity contribution is 5.70. The van der Waals surface area contributed by atoms with Gasteiger partial charge in [0.1, 0.15) is 12.4 Å². The van der Waals surface area contributed by atoms with E-state index in [0.717, 1.165) is 6.42 Å². The van der Waals surface area contributed by atoms with Crippen molar-refractivity contribution in [1.82, 2.24) is 0 Å². The molecule has 0 bridgehead atoms. The van der Waals surface area contributed by atoms with Crippen LogP contribution in [0.3, 0.4) is 0 Å². The van der Waals surface area contributed by atoms with Crippen LogP contribution in [0, 0.1) is 5.92 Å². The van der Waals surface area contributed by atoms with Gasteiger partial charge in [-0.1, -0.05) is 18.6 Å². The molecule has 0 aromatic rings. The molecule has 0 amide bonds. The lowest BCUT2D eigenvalue weighted by atomic mass is 9.94. The summed E-state index contributed by atoms with van der Waals surface area (Å²) in [6.45, 7) is 11.8. The van der Waals surface area contributed by atoms with Crippen LogP contribution >= 0.6 is 0 Å². The van der Waals surface area contributed by atoms with Crippen LogP contribution in [0.25, 0.3) is 0 Å². The molecule has 0 spiro atoms. The third-order valence-electron chi connectivity index (χ3n) is 3.26. The van der Waals surface area contributed by atoms with Crippen molar-refractivity contribution in [2.24, 2.45) is 5.92 Å². The van der Waals surface area contributed by atoms with Crippen molar-refractivity contribution in [2.75, 3.05) is 13.9 Å². The lowest BCUT2D eigenvalue weighted by molar-refractivity contribution is -0.158. The molecule has 0 aliphatic heterocycles. The molecule has 3 atom stereocenters. The Bertz CT molecular complexity index is 366. The zero-order chi connectivity index (χ0) is 18.0. The molecular formula is C18H34O5. The second-order valence-corrected chi connectivity index (χ2v) is 7.29. The Hall–Kier alpha value is -0.910. The second kappa shape index (κ2) is 10.8. The Morgan fingerprint density at radius 3 is 2.35 bits per heavy atom. The van der Waals surface area contributed by atoms with Crippen molar-refractivity contribution in [1.29, 1.82) is 0 Å². The lowest BCUT2D eigenvalue weighted by Crippen LogP contribution is -2.31. The van der Waals surface area contributed by atoms with Crippen LogP contribution in [0.2, 0.25) is 0 Å². The van der Waals surface area contributed by atoms with Gasteiger partial charge in [0.05, 0.1) is 18.6 Å². The fourth-order valence-corrected chi connectivity index (χ4v) is 2.12. The van der Waals surface area contributed by atoms with Crippen molar-refractivity contribution < 1.29 is 24.1 Å². The summed E-state index contributed by atoms with van der Waals surface area (Å²) in [7, 11) is 1.56. The highest BCUT2D eigenvalue weighted by atomic mass is 16.7. The summed E-state index contributed by atoms with van der Waals surface area (Å²) < 4.78 is 15.9. The van der Waals surface area contributed by atoms with Crippen molar-refractivity contribution in [3.8, 4) is 0 Å². The van der Waals surface area contributed by atoms with Crippen LogP contribution in [0.4, 0.5) is 0 Å². The molecule has 0 radical (unpaired) electrons. The molecule has 0 saturated heterocycles. The lowest BCUT2D eigenvalue weighted by Gasteiger charge is -2.26. The number of rotatable bonds is 10. The van der Waals surface area contributed by atoms with Crippen LogP contribution in [-0.4, -0.2) is 42.8 Å².